The Hall–Kier alpha value is -1.30. The molecular weight excluding hydrogens is 373 g/mol. The quantitative estimate of drug-likeness (QED) is 0.764. The Bertz CT molecular complexity index is 633. The van der Waals surface area contributed by atoms with Crippen molar-refractivity contribution in [3.05, 3.63) is 28.2 Å². The second-order valence-electron chi connectivity index (χ2n) is 7.26. The summed E-state index contributed by atoms with van der Waals surface area (Å²) in [5.41, 5.74) is 0.392. The lowest BCUT2D eigenvalue weighted by Crippen LogP contribution is -2.47. The fraction of sp³-hybridized carbons (Fsp3) is 0.579. The Morgan fingerprint density at radius 2 is 1.73 bits per heavy atom. The summed E-state index contributed by atoms with van der Waals surface area (Å²) in [6.07, 6.45) is 3.39. The van der Waals surface area contributed by atoms with Crippen LogP contribution in [0.15, 0.2) is 18.2 Å². The van der Waals surface area contributed by atoms with Gasteiger partial charge in [0.25, 0.3) is 0 Å². The molecule has 0 bridgehead atoms. The number of hydrogen-bond donors (Lipinski definition) is 2. The van der Waals surface area contributed by atoms with E-state index < -0.39 is 0 Å². The number of carbonyl (C=O) groups excluding carboxylic acids is 2. The van der Waals surface area contributed by atoms with Crippen molar-refractivity contribution in [2.24, 2.45) is 11.8 Å². The van der Waals surface area contributed by atoms with E-state index in [0.29, 0.717) is 27.6 Å². The van der Waals surface area contributed by atoms with Gasteiger partial charge in [-0.2, -0.15) is 0 Å². The van der Waals surface area contributed by atoms with Crippen LogP contribution in [0.2, 0.25) is 10.0 Å². The summed E-state index contributed by atoms with van der Waals surface area (Å²) >= 11 is 12.1. The summed E-state index contributed by atoms with van der Waals surface area (Å²) in [6.45, 7) is 4.67. The predicted octanol–water partition coefficient (Wildman–Crippen LogP) is 3.80. The molecule has 1 aliphatic carbocycles. The van der Waals surface area contributed by atoms with E-state index in [1.54, 1.807) is 30.1 Å². The Balaban J connectivity index is 1.81. The van der Waals surface area contributed by atoms with Gasteiger partial charge in [0.1, 0.15) is 0 Å². The summed E-state index contributed by atoms with van der Waals surface area (Å²) in [5, 5.41) is 6.58. The van der Waals surface area contributed by atoms with Crippen LogP contribution >= 0.6 is 23.2 Å². The monoisotopic (exact) mass is 399 g/mol. The smallest absolute Gasteiger partial charge is 0.238 e. The van der Waals surface area contributed by atoms with Gasteiger partial charge in [0.15, 0.2) is 0 Å². The van der Waals surface area contributed by atoms with Crippen LogP contribution in [0, 0.1) is 11.8 Å². The number of para-hydroxylation sites is 1. The second-order valence-corrected chi connectivity index (χ2v) is 8.07. The lowest BCUT2D eigenvalue weighted by molar-refractivity contribution is -0.124. The summed E-state index contributed by atoms with van der Waals surface area (Å²) in [7, 11) is 1.74. The van der Waals surface area contributed by atoms with Gasteiger partial charge in [-0.25, -0.2) is 0 Å². The van der Waals surface area contributed by atoms with Gasteiger partial charge in [-0.1, -0.05) is 56.0 Å². The molecule has 1 aliphatic rings. The summed E-state index contributed by atoms with van der Waals surface area (Å²) in [4.78, 5) is 26.2. The molecule has 0 aromatic heterocycles. The molecule has 1 fully saturated rings. The molecule has 2 N–H and O–H groups in total. The van der Waals surface area contributed by atoms with Gasteiger partial charge in [0.05, 0.1) is 28.8 Å². The second kappa shape index (κ2) is 9.58. The van der Waals surface area contributed by atoms with Gasteiger partial charge in [-0.3, -0.25) is 14.5 Å². The van der Waals surface area contributed by atoms with Gasteiger partial charge in [0.2, 0.25) is 11.8 Å². The van der Waals surface area contributed by atoms with Gasteiger partial charge in [0, 0.05) is 6.04 Å². The fourth-order valence-corrected chi connectivity index (χ4v) is 3.87. The van der Waals surface area contributed by atoms with E-state index in [1.165, 1.54) is 6.42 Å². The molecule has 2 amide bonds. The van der Waals surface area contributed by atoms with Crippen LogP contribution in [0.3, 0.4) is 0 Å². The average Bonchev–Trinajstić information content (AvgIpc) is 2.55. The van der Waals surface area contributed by atoms with Gasteiger partial charge in [-0.05, 0) is 37.4 Å². The Morgan fingerprint density at radius 1 is 1.12 bits per heavy atom. The molecule has 3 atom stereocenters. The third-order valence-corrected chi connectivity index (χ3v) is 5.74. The number of benzene rings is 1. The molecule has 0 saturated heterocycles. The zero-order valence-electron chi connectivity index (χ0n) is 15.5. The number of anilines is 1. The molecule has 26 heavy (non-hydrogen) atoms. The van der Waals surface area contributed by atoms with Crippen LogP contribution in [0.25, 0.3) is 0 Å². The highest BCUT2D eigenvalue weighted by Gasteiger charge is 2.28. The third-order valence-electron chi connectivity index (χ3n) is 5.11. The zero-order chi connectivity index (χ0) is 19.3. The molecule has 3 unspecified atom stereocenters. The number of carbonyl (C=O) groups is 2. The number of nitrogens with one attached hydrogen (secondary N) is 2. The molecule has 144 valence electrons. The minimum Gasteiger partial charge on any atom is -0.352 e. The molecule has 5 nitrogen and oxygen atoms in total. The molecule has 0 aliphatic heterocycles. The Labute approximate surface area is 165 Å². The summed E-state index contributed by atoms with van der Waals surface area (Å²) in [6, 6.07) is 5.25. The van der Waals surface area contributed by atoms with Gasteiger partial charge < -0.3 is 10.6 Å². The molecule has 0 spiro atoms. The molecular formula is C19H27Cl2N3O2. The van der Waals surface area contributed by atoms with E-state index in [-0.39, 0.29) is 30.9 Å². The van der Waals surface area contributed by atoms with Crippen molar-refractivity contribution in [2.45, 2.75) is 39.2 Å². The van der Waals surface area contributed by atoms with E-state index in [9.17, 15) is 9.59 Å². The Morgan fingerprint density at radius 3 is 2.38 bits per heavy atom. The van der Waals surface area contributed by atoms with Crippen LogP contribution in [0.4, 0.5) is 5.69 Å². The first-order valence-corrected chi connectivity index (χ1v) is 9.75. The first-order chi connectivity index (χ1) is 12.3. The van der Waals surface area contributed by atoms with Crippen LogP contribution in [0.1, 0.15) is 33.1 Å². The van der Waals surface area contributed by atoms with E-state index >= 15 is 0 Å². The van der Waals surface area contributed by atoms with Crippen molar-refractivity contribution in [1.29, 1.82) is 0 Å². The number of rotatable bonds is 6. The van der Waals surface area contributed by atoms with Crippen molar-refractivity contribution >= 4 is 40.7 Å². The van der Waals surface area contributed by atoms with Gasteiger partial charge >= 0.3 is 0 Å². The molecule has 1 aromatic carbocycles. The molecule has 0 heterocycles. The fourth-order valence-electron chi connectivity index (χ4n) is 3.38. The van der Waals surface area contributed by atoms with E-state index in [1.807, 2.05) is 0 Å². The van der Waals surface area contributed by atoms with Crippen LogP contribution < -0.4 is 10.6 Å². The summed E-state index contributed by atoms with van der Waals surface area (Å²) in [5.74, 6) is 0.776. The maximum Gasteiger partial charge on any atom is 0.238 e. The molecule has 1 aromatic rings. The minimum absolute atomic E-state index is 0.0537. The van der Waals surface area contributed by atoms with Crippen molar-refractivity contribution in [3.8, 4) is 0 Å². The number of hydrogen-bond acceptors (Lipinski definition) is 3. The number of halogens is 2. The lowest BCUT2D eigenvalue weighted by atomic mass is 9.78. The average molecular weight is 400 g/mol. The maximum atomic E-state index is 12.3. The lowest BCUT2D eigenvalue weighted by Gasteiger charge is -2.34. The predicted molar refractivity (Wildman–Crippen MR) is 107 cm³/mol. The first-order valence-electron chi connectivity index (χ1n) is 8.99. The molecule has 7 heteroatoms. The highest BCUT2D eigenvalue weighted by Crippen LogP contribution is 2.30. The molecule has 0 radical (unpaired) electrons. The number of nitrogens with zero attached hydrogens (tertiary/aromatic N) is 1. The molecule has 2 rings (SSSR count). The largest absolute Gasteiger partial charge is 0.352 e. The molecule has 1 saturated carbocycles. The van der Waals surface area contributed by atoms with Crippen LogP contribution in [-0.2, 0) is 9.59 Å². The standard InChI is InChI=1S/C19H27Cl2N3O2/c1-12-6-4-9-16(13(12)2)22-17(25)10-24(3)11-18(26)23-19-14(20)7-5-8-15(19)21/h5,7-8,12-13,16H,4,6,9-11H2,1-3H3,(H,22,25)(H,23,26). The SMILES string of the molecule is CC1CCCC(NC(=O)CN(C)CC(=O)Nc2c(Cl)cccc2Cl)C1C. The highest BCUT2D eigenvalue weighted by molar-refractivity contribution is 6.39. The van der Waals surface area contributed by atoms with E-state index in [4.69, 9.17) is 23.2 Å². The topological polar surface area (TPSA) is 61.4 Å². The van der Waals surface area contributed by atoms with E-state index in [2.05, 4.69) is 24.5 Å². The van der Waals surface area contributed by atoms with Gasteiger partial charge in [-0.15, -0.1) is 0 Å². The van der Waals surface area contributed by atoms with E-state index in [0.717, 1.165) is 12.8 Å². The highest BCUT2D eigenvalue weighted by atomic mass is 35.5. The first kappa shape index (κ1) is 21.0. The van der Waals surface area contributed by atoms with Crippen molar-refractivity contribution < 1.29 is 9.59 Å². The van der Waals surface area contributed by atoms with Crippen LogP contribution in [0.5, 0.6) is 0 Å². The number of amides is 2. The summed E-state index contributed by atoms with van der Waals surface area (Å²) < 4.78 is 0. The van der Waals surface area contributed by atoms with Crippen molar-refractivity contribution in [3.63, 3.8) is 0 Å². The third kappa shape index (κ3) is 5.86. The maximum absolute atomic E-state index is 12.3. The normalized spacial score (nSPS) is 22.9. The van der Waals surface area contributed by atoms with Crippen molar-refractivity contribution in [2.75, 3.05) is 25.5 Å². The van der Waals surface area contributed by atoms with Crippen molar-refractivity contribution in [1.82, 2.24) is 10.2 Å². The zero-order valence-corrected chi connectivity index (χ0v) is 17.0. The number of likely N-dealkylation sites (N-methyl/N-ethyl adjacent to an activating group) is 1. The van der Waals surface area contributed by atoms with Crippen LogP contribution in [-0.4, -0.2) is 42.9 Å². The Kier molecular flexibility index (Phi) is 7.74. The minimum atomic E-state index is -0.269.